The van der Waals surface area contributed by atoms with Crippen LogP contribution in [0.5, 0.6) is 0 Å². The minimum absolute atomic E-state index is 0. The van der Waals surface area contributed by atoms with Crippen LogP contribution >= 0.6 is 0 Å². The fourth-order valence-electron chi connectivity index (χ4n) is 0.378. The van der Waals surface area contributed by atoms with E-state index in [-0.39, 0.29) is 32.8 Å². The van der Waals surface area contributed by atoms with Crippen molar-refractivity contribution in [2.75, 3.05) is 13.2 Å². The van der Waals surface area contributed by atoms with Gasteiger partial charge in [-0.05, 0) is 6.42 Å². The molecule has 0 heterocycles. The molecule has 0 bridgehead atoms. The molecule has 0 rings (SSSR count). The summed E-state index contributed by atoms with van der Waals surface area (Å²) >= 11 is 0. The fourth-order valence-corrected chi connectivity index (χ4v) is 0.378. The topological polar surface area (TPSA) is 26.3 Å². The molecule has 0 aliphatic rings. The smallest absolute Gasteiger partial charge is 0.145 e. The maximum atomic E-state index is 9.64. The van der Waals surface area contributed by atoms with Gasteiger partial charge in [-0.1, -0.05) is 13.3 Å². The van der Waals surface area contributed by atoms with Crippen LogP contribution < -0.4 is 0 Å². The van der Waals surface area contributed by atoms with Gasteiger partial charge in [0.05, 0.1) is 0 Å². The zero-order valence-electron chi connectivity index (χ0n) is 5.72. The average Bonchev–Trinajstić information content (AvgIpc) is 1.81. The summed E-state index contributed by atoms with van der Waals surface area (Å²) < 4.78 is 4.86. The molecule has 0 N–H and O–H groups in total. The Hall–Kier alpha value is 0.513. The predicted molar refractivity (Wildman–Crippen MR) is 31.8 cm³/mol. The van der Waals surface area contributed by atoms with E-state index < -0.39 is 0 Å². The summed E-state index contributed by atoms with van der Waals surface area (Å²) in [6.45, 7) is 3.06. The van der Waals surface area contributed by atoms with E-state index in [1.165, 1.54) is 0 Å². The van der Waals surface area contributed by atoms with Crippen LogP contribution in [0.1, 0.15) is 19.8 Å². The third-order valence-corrected chi connectivity index (χ3v) is 0.828. The van der Waals surface area contributed by atoms with Crippen LogP contribution in [0, 0.1) is 0 Å². The molecule has 0 spiro atoms. The van der Waals surface area contributed by atoms with Gasteiger partial charge in [-0.25, -0.2) is 0 Å². The van der Waals surface area contributed by atoms with Crippen molar-refractivity contribution in [3.8, 4) is 0 Å². The Morgan fingerprint density at radius 1 is 1.56 bits per heavy atom. The molecular formula is C6H12O2Zr. The van der Waals surface area contributed by atoms with Crippen molar-refractivity contribution in [1.29, 1.82) is 0 Å². The Morgan fingerprint density at radius 3 is 2.67 bits per heavy atom. The van der Waals surface area contributed by atoms with Gasteiger partial charge in [0, 0.05) is 32.8 Å². The van der Waals surface area contributed by atoms with Gasteiger partial charge in [0.25, 0.3) is 0 Å². The minimum Gasteiger partial charge on any atom is -0.374 e. The summed E-state index contributed by atoms with van der Waals surface area (Å²) in [6, 6.07) is 0. The summed E-state index contributed by atoms with van der Waals surface area (Å²) in [6.07, 6.45) is 2.95. The SMILES string of the molecule is CCCCOCC=O.[Zr]. The van der Waals surface area contributed by atoms with E-state index in [9.17, 15) is 4.79 Å². The van der Waals surface area contributed by atoms with E-state index >= 15 is 0 Å². The van der Waals surface area contributed by atoms with Crippen LogP contribution in [0.25, 0.3) is 0 Å². The Morgan fingerprint density at radius 2 is 2.22 bits per heavy atom. The minimum atomic E-state index is 0. The quantitative estimate of drug-likeness (QED) is 0.497. The maximum Gasteiger partial charge on any atom is 0.145 e. The molecule has 9 heavy (non-hydrogen) atoms. The van der Waals surface area contributed by atoms with Crippen molar-refractivity contribution in [2.24, 2.45) is 0 Å². The van der Waals surface area contributed by atoms with Gasteiger partial charge in [0.1, 0.15) is 12.9 Å². The first-order chi connectivity index (χ1) is 3.91. The van der Waals surface area contributed by atoms with Gasteiger partial charge in [-0.3, -0.25) is 0 Å². The van der Waals surface area contributed by atoms with Crippen molar-refractivity contribution >= 4 is 6.29 Å². The molecule has 0 aliphatic carbocycles. The first-order valence-corrected chi connectivity index (χ1v) is 2.93. The first-order valence-electron chi connectivity index (χ1n) is 2.93. The molecule has 0 aromatic carbocycles. The van der Waals surface area contributed by atoms with Gasteiger partial charge in [0.15, 0.2) is 0 Å². The normalized spacial score (nSPS) is 8.11. The third kappa shape index (κ3) is 11.9. The molecule has 0 amide bonds. The first kappa shape index (κ1) is 12.2. The molecule has 0 unspecified atom stereocenters. The molecular weight excluding hydrogens is 195 g/mol. The van der Waals surface area contributed by atoms with Crippen LogP contribution in [0.2, 0.25) is 0 Å². The molecule has 52 valence electrons. The Balaban J connectivity index is 0. The number of carbonyl (C=O) groups excluding carboxylic acids is 1. The summed E-state index contributed by atoms with van der Waals surface area (Å²) in [4.78, 5) is 9.64. The number of carbonyl (C=O) groups is 1. The summed E-state index contributed by atoms with van der Waals surface area (Å²) in [7, 11) is 0. The van der Waals surface area contributed by atoms with E-state index in [4.69, 9.17) is 4.74 Å². The van der Waals surface area contributed by atoms with Crippen molar-refractivity contribution in [3.63, 3.8) is 0 Å². The Bertz CT molecular complexity index is 57.0. The van der Waals surface area contributed by atoms with E-state index in [1.807, 2.05) is 0 Å². The second-order valence-electron chi connectivity index (χ2n) is 1.60. The monoisotopic (exact) mass is 206 g/mol. The van der Waals surface area contributed by atoms with Gasteiger partial charge in [0.2, 0.25) is 0 Å². The largest absolute Gasteiger partial charge is 0.374 e. The Labute approximate surface area is 75.1 Å². The van der Waals surface area contributed by atoms with Gasteiger partial charge < -0.3 is 9.53 Å². The van der Waals surface area contributed by atoms with Crippen LogP contribution in [0.4, 0.5) is 0 Å². The van der Waals surface area contributed by atoms with E-state index in [0.717, 1.165) is 25.7 Å². The van der Waals surface area contributed by atoms with Crippen molar-refractivity contribution in [3.05, 3.63) is 0 Å². The molecule has 0 radical (unpaired) electrons. The maximum absolute atomic E-state index is 9.64. The zero-order chi connectivity index (χ0) is 6.24. The van der Waals surface area contributed by atoms with E-state index in [2.05, 4.69) is 6.92 Å². The van der Waals surface area contributed by atoms with Crippen LogP contribution in [0.15, 0.2) is 0 Å². The molecule has 0 fully saturated rings. The Kier molecular flexibility index (Phi) is 15.4. The number of rotatable bonds is 5. The van der Waals surface area contributed by atoms with Crippen LogP contribution in [0.3, 0.4) is 0 Å². The van der Waals surface area contributed by atoms with Crippen molar-refractivity contribution in [1.82, 2.24) is 0 Å². The number of aldehydes is 1. The van der Waals surface area contributed by atoms with Crippen molar-refractivity contribution in [2.45, 2.75) is 19.8 Å². The molecule has 0 aliphatic heterocycles. The van der Waals surface area contributed by atoms with E-state index in [1.54, 1.807) is 0 Å². The number of ether oxygens (including phenoxy) is 1. The molecule has 0 saturated heterocycles. The van der Waals surface area contributed by atoms with Crippen molar-refractivity contribution < 1.29 is 35.7 Å². The van der Waals surface area contributed by atoms with Crippen LogP contribution in [-0.2, 0) is 35.7 Å². The molecule has 2 nitrogen and oxygen atoms in total. The fraction of sp³-hybridized carbons (Fsp3) is 0.833. The van der Waals surface area contributed by atoms with Gasteiger partial charge in [-0.15, -0.1) is 0 Å². The van der Waals surface area contributed by atoms with Crippen LogP contribution in [-0.4, -0.2) is 19.5 Å². The summed E-state index contributed by atoms with van der Waals surface area (Å²) in [5.41, 5.74) is 0. The number of hydrogen-bond donors (Lipinski definition) is 0. The second-order valence-corrected chi connectivity index (χ2v) is 1.60. The standard InChI is InChI=1S/C6H12O2.Zr/c1-2-3-5-8-6-4-7;/h4H,2-3,5-6H2,1H3;. The predicted octanol–water partition coefficient (Wildman–Crippen LogP) is 1.000. The molecule has 0 saturated carbocycles. The zero-order valence-corrected chi connectivity index (χ0v) is 8.18. The van der Waals surface area contributed by atoms with E-state index in [0.29, 0.717) is 0 Å². The molecule has 0 aromatic rings. The number of hydrogen-bond acceptors (Lipinski definition) is 2. The summed E-state index contributed by atoms with van der Waals surface area (Å²) in [5.74, 6) is 0. The third-order valence-electron chi connectivity index (χ3n) is 0.828. The molecule has 3 heteroatoms. The summed E-state index contributed by atoms with van der Waals surface area (Å²) in [5, 5.41) is 0. The second kappa shape index (κ2) is 11.3. The molecule has 0 atom stereocenters. The van der Waals surface area contributed by atoms with Gasteiger partial charge >= 0.3 is 0 Å². The number of unbranched alkanes of at least 4 members (excludes halogenated alkanes) is 1. The van der Waals surface area contributed by atoms with Gasteiger partial charge in [-0.2, -0.15) is 0 Å². The molecule has 0 aromatic heterocycles. The average molecular weight is 207 g/mol.